The quantitative estimate of drug-likeness (QED) is 0.640. The summed E-state index contributed by atoms with van der Waals surface area (Å²) < 4.78 is 1.54. The second kappa shape index (κ2) is 4.48. The van der Waals surface area contributed by atoms with Crippen LogP contribution < -0.4 is 5.56 Å². The molecule has 3 aromatic rings. The van der Waals surface area contributed by atoms with Gasteiger partial charge in [0.25, 0.3) is 5.56 Å². The minimum atomic E-state index is -0.106. The van der Waals surface area contributed by atoms with Gasteiger partial charge in [0.2, 0.25) is 0 Å². The average molecular weight is 272 g/mol. The summed E-state index contributed by atoms with van der Waals surface area (Å²) in [7, 11) is 0. The molecule has 3 rings (SSSR count). The Bertz CT molecular complexity index is 826. The predicted molar refractivity (Wildman–Crippen MR) is 74.9 cm³/mol. The number of halogens is 1. The molecule has 0 fully saturated rings. The molecule has 1 aromatic carbocycles. The summed E-state index contributed by atoms with van der Waals surface area (Å²) in [4.78, 5) is 20.9. The van der Waals surface area contributed by atoms with Crippen molar-refractivity contribution in [1.29, 1.82) is 0 Å². The topological polar surface area (TPSA) is 47.8 Å². The standard InChI is InChI=1S/C14H10ClN3O/c1-9-17-12-5-3-2-4-11(12)14(19)18(9)10-6-7-16-13(15)8-10/h2-8H,1H3. The maximum absolute atomic E-state index is 12.5. The zero-order valence-electron chi connectivity index (χ0n) is 10.2. The highest BCUT2D eigenvalue weighted by molar-refractivity contribution is 6.29. The van der Waals surface area contributed by atoms with E-state index in [9.17, 15) is 4.79 Å². The van der Waals surface area contributed by atoms with E-state index in [0.29, 0.717) is 27.6 Å². The van der Waals surface area contributed by atoms with E-state index in [4.69, 9.17) is 11.6 Å². The second-order valence-electron chi connectivity index (χ2n) is 4.15. The maximum Gasteiger partial charge on any atom is 0.265 e. The van der Waals surface area contributed by atoms with Crippen molar-refractivity contribution in [3.05, 3.63) is 63.9 Å². The highest BCUT2D eigenvalue weighted by Gasteiger charge is 2.09. The van der Waals surface area contributed by atoms with Crippen molar-refractivity contribution in [2.24, 2.45) is 0 Å². The third-order valence-electron chi connectivity index (χ3n) is 2.91. The summed E-state index contributed by atoms with van der Waals surface area (Å²) in [5.74, 6) is 0.617. The first-order valence-electron chi connectivity index (χ1n) is 5.77. The van der Waals surface area contributed by atoms with Crippen LogP contribution in [0.3, 0.4) is 0 Å². The van der Waals surface area contributed by atoms with E-state index in [0.717, 1.165) is 0 Å². The maximum atomic E-state index is 12.5. The van der Waals surface area contributed by atoms with Crippen molar-refractivity contribution in [2.45, 2.75) is 6.92 Å². The Morgan fingerprint density at radius 1 is 1.21 bits per heavy atom. The van der Waals surface area contributed by atoms with Crippen LogP contribution in [-0.2, 0) is 0 Å². The largest absolute Gasteiger partial charge is 0.268 e. The van der Waals surface area contributed by atoms with Gasteiger partial charge in [-0.3, -0.25) is 9.36 Å². The Hall–Kier alpha value is -2.20. The first kappa shape index (κ1) is 11.9. The summed E-state index contributed by atoms with van der Waals surface area (Å²) in [6.45, 7) is 1.79. The lowest BCUT2D eigenvalue weighted by Crippen LogP contribution is -2.22. The zero-order chi connectivity index (χ0) is 13.4. The Balaban J connectivity index is 2.39. The first-order valence-corrected chi connectivity index (χ1v) is 6.15. The van der Waals surface area contributed by atoms with Crippen molar-refractivity contribution in [3.63, 3.8) is 0 Å². The molecule has 0 aliphatic rings. The van der Waals surface area contributed by atoms with Crippen LogP contribution in [0.2, 0.25) is 5.15 Å². The molecule has 2 aromatic heterocycles. The number of benzene rings is 1. The molecular formula is C14H10ClN3O. The Morgan fingerprint density at radius 3 is 2.79 bits per heavy atom. The van der Waals surface area contributed by atoms with E-state index in [1.807, 2.05) is 18.2 Å². The number of aryl methyl sites for hydroxylation is 1. The SMILES string of the molecule is Cc1nc2ccccc2c(=O)n1-c1ccnc(Cl)c1. The van der Waals surface area contributed by atoms with E-state index in [1.54, 1.807) is 31.3 Å². The van der Waals surface area contributed by atoms with E-state index in [-0.39, 0.29) is 5.56 Å². The third kappa shape index (κ3) is 2.00. The van der Waals surface area contributed by atoms with Crippen LogP contribution >= 0.6 is 11.6 Å². The number of para-hydroxylation sites is 1. The minimum absolute atomic E-state index is 0.106. The van der Waals surface area contributed by atoms with Crippen molar-refractivity contribution in [1.82, 2.24) is 14.5 Å². The zero-order valence-corrected chi connectivity index (χ0v) is 10.9. The lowest BCUT2D eigenvalue weighted by molar-refractivity contribution is 0.892. The number of hydrogen-bond donors (Lipinski definition) is 0. The fraction of sp³-hybridized carbons (Fsp3) is 0.0714. The van der Waals surface area contributed by atoms with Crippen molar-refractivity contribution < 1.29 is 0 Å². The van der Waals surface area contributed by atoms with Gasteiger partial charge < -0.3 is 0 Å². The number of aromatic nitrogens is 3. The van der Waals surface area contributed by atoms with E-state index >= 15 is 0 Å². The summed E-state index contributed by atoms with van der Waals surface area (Å²) in [6.07, 6.45) is 1.57. The first-order chi connectivity index (χ1) is 9.16. The lowest BCUT2D eigenvalue weighted by Gasteiger charge is -2.10. The number of rotatable bonds is 1. The third-order valence-corrected chi connectivity index (χ3v) is 3.12. The van der Waals surface area contributed by atoms with Crippen molar-refractivity contribution in [2.75, 3.05) is 0 Å². The predicted octanol–water partition coefficient (Wildman–Crippen LogP) is 2.74. The van der Waals surface area contributed by atoms with Gasteiger partial charge in [-0.1, -0.05) is 23.7 Å². The van der Waals surface area contributed by atoms with Gasteiger partial charge in [-0.25, -0.2) is 9.97 Å². The summed E-state index contributed by atoms with van der Waals surface area (Å²) in [5.41, 5.74) is 1.26. The Kier molecular flexibility index (Phi) is 2.80. The molecule has 0 N–H and O–H groups in total. The highest BCUT2D eigenvalue weighted by atomic mass is 35.5. The van der Waals surface area contributed by atoms with E-state index in [2.05, 4.69) is 9.97 Å². The second-order valence-corrected chi connectivity index (χ2v) is 4.54. The number of pyridine rings is 1. The molecule has 0 aliphatic carbocycles. The molecule has 2 heterocycles. The smallest absolute Gasteiger partial charge is 0.265 e. The van der Waals surface area contributed by atoms with Gasteiger partial charge in [0.1, 0.15) is 11.0 Å². The Morgan fingerprint density at radius 2 is 2.00 bits per heavy atom. The monoisotopic (exact) mass is 271 g/mol. The fourth-order valence-corrected chi connectivity index (χ4v) is 2.25. The number of fused-ring (bicyclic) bond motifs is 1. The molecule has 0 atom stereocenters. The molecule has 94 valence electrons. The molecular weight excluding hydrogens is 262 g/mol. The van der Waals surface area contributed by atoms with E-state index < -0.39 is 0 Å². The highest BCUT2D eigenvalue weighted by Crippen LogP contribution is 2.14. The van der Waals surface area contributed by atoms with Gasteiger partial charge in [0, 0.05) is 6.20 Å². The van der Waals surface area contributed by atoms with Crippen molar-refractivity contribution >= 4 is 22.5 Å². The number of nitrogens with zero attached hydrogens (tertiary/aromatic N) is 3. The van der Waals surface area contributed by atoms with Crippen LogP contribution in [0.15, 0.2) is 47.4 Å². The van der Waals surface area contributed by atoms with E-state index in [1.165, 1.54) is 4.57 Å². The molecule has 0 saturated carbocycles. The molecule has 4 nitrogen and oxygen atoms in total. The fourth-order valence-electron chi connectivity index (χ4n) is 2.08. The van der Waals surface area contributed by atoms with Crippen LogP contribution in [0.25, 0.3) is 16.6 Å². The molecule has 0 amide bonds. The molecule has 0 radical (unpaired) electrons. The van der Waals surface area contributed by atoms with Crippen molar-refractivity contribution in [3.8, 4) is 5.69 Å². The minimum Gasteiger partial charge on any atom is -0.268 e. The molecule has 0 unspecified atom stereocenters. The summed E-state index contributed by atoms with van der Waals surface area (Å²) in [5, 5.41) is 0.929. The van der Waals surface area contributed by atoms with Gasteiger partial charge in [0.15, 0.2) is 0 Å². The average Bonchev–Trinajstić information content (AvgIpc) is 2.39. The van der Waals surface area contributed by atoms with Gasteiger partial charge in [0.05, 0.1) is 16.6 Å². The Labute approximate surface area is 114 Å². The van der Waals surface area contributed by atoms with Crippen LogP contribution in [-0.4, -0.2) is 14.5 Å². The van der Waals surface area contributed by atoms with Gasteiger partial charge >= 0.3 is 0 Å². The van der Waals surface area contributed by atoms with Crippen LogP contribution in [0.4, 0.5) is 0 Å². The molecule has 0 bridgehead atoms. The van der Waals surface area contributed by atoms with Gasteiger partial charge in [-0.15, -0.1) is 0 Å². The molecule has 0 spiro atoms. The molecule has 0 aliphatic heterocycles. The van der Waals surface area contributed by atoms with Gasteiger partial charge in [-0.2, -0.15) is 0 Å². The summed E-state index contributed by atoms with van der Waals surface area (Å²) >= 11 is 5.87. The molecule has 19 heavy (non-hydrogen) atoms. The summed E-state index contributed by atoms with van der Waals surface area (Å²) in [6, 6.07) is 10.7. The van der Waals surface area contributed by atoms with Crippen LogP contribution in [0.5, 0.6) is 0 Å². The lowest BCUT2D eigenvalue weighted by atomic mass is 10.2. The molecule has 0 saturated heterocycles. The number of hydrogen-bond acceptors (Lipinski definition) is 3. The van der Waals surface area contributed by atoms with Crippen LogP contribution in [0, 0.1) is 6.92 Å². The van der Waals surface area contributed by atoms with Gasteiger partial charge in [-0.05, 0) is 31.2 Å². The molecule has 5 heteroatoms. The van der Waals surface area contributed by atoms with Crippen LogP contribution in [0.1, 0.15) is 5.82 Å². The normalized spacial score (nSPS) is 10.8.